The maximum absolute atomic E-state index is 6.31. The molecule has 0 aliphatic rings. The van der Waals surface area contributed by atoms with Crippen molar-refractivity contribution in [3.63, 3.8) is 0 Å². The molecule has 1 atom stereocenters. The molecule has 152 valence electrons. The number of para-hydroxylation sites is 1. The normalized spacial score (nSPS) is 12.3. The van der Waals surface area contributed by atoms with Crippen LogP contribution in [0.15, 0.2) is 67.3 Å². The van der Waals surface area contributed by atoms with Crippen molar-refractivity contribution in [3.05, 3.63) is 83.9 Å². The van der Waals surface area contributed by atoms with Gasteiger partial charge in [0, 0.05) is 41.6 Å². The Hall–Kier alpha value is -3.64. The summed E-state index contributed by atoms with van der Waals surface area (Å²) in [5.41, 5.74) is 10.6. The highest BCUT2D eigenvalue weighted by atomic mass is 16.5. The minimum absolute atomic E-state index is 0.118. The molecule has 0 fully saturated rings. The van der Waals surface area contributed by atoms with Crippen LogP contribution in [0.2, 0.25) is 0 Å². The summed E-state index contributed by atoms with van der Waals surface area (Å²) >= 11 is 0. The molecule has 4 rings (SSSR count). The van der Waals surface area contributed by atoms with E-state index in [1.165, 1.54) is 10.9 Å². The number of aromatic amines is 1. The first-order chi connectivity index (χ1) is 14.7. The minimum Gasteiger partial charge on any atom is -0.490 e. The Morgan fingerprint density at radius 2 is 1.97 bits per heavy atom. The summed E-state index contributed by atoms with van der Waals surface area (Å²) in [4.78, 5) is 11.7. The summed E-state index contributed by atoms with van der Waals surface area (Å²) in [7, 11) is 1.60. The van der Waals surface area contributed by atoms with E-state index in [2.05, 4.69) is 27.1 Å². The van der Waals surface area contributed by atoms with Crippen molar-refractivity contribution in [2.45, 2.75) is 12.5 Å². The van der Waals surface area contributed by atoms with Crippen LogP contribution >= 0.6 is 0 Å². The first-order valence-electron chi connectivity index (χ1n) is 9.78. The van der Waals surface area contributed by atoms with Crippen LogP contribution in [0.1, 0.15) is 16.7 Å². The standard InChI is InChI=1S/C24H24N4O2/c1-29-24-11-17(8-9-27-24)6-7-18-10-21(15-26-13-18)30-16-20(25)12-19-14-28-23-5-3-2-4-22(19)23/h2-11,13-15,20,28H,12,16,25H2,1H3/t20-/m0/s1. The molecule has 3 N–H and O–H groups in total. The molecule has 0 radical (unpaired) electrons. The van der Waals surface area contributed by atoms with Gasteiger partial charge in [-0.15, -0.1) is 0 Å². The third kappa shape index (κ3) is 4.85. The minimum atomic E-state index is -0.118. The van der Waals surface area contributed by atoms with E-state index >= 15 is 0 Å². The van der Waals surface area contributed by atoms with Crippen LogP contribution in [-0.4, -0.2) is 34.7 Å². The average Bonchev–Trinajstić information content (AvgIpc) is 3.19. The number of nitrogens with one attached hydrogen (secondary N) is 1. The summed E-state index contributed by atoms with van der Waals surface area (Å²) in [5.74, 6) is 1.27. The van der Waals surface area contributed by atoms with Crippen LogP contribution in [0.25, 0.3) is 23.1 Å². The van der Waals surface area contributed by atoms with Crippen LogP contribution in [0.5, 0.6) is 11.6 Å². The number of ether oxygens (including phenoxy) is 2. The number of nitrogens with zero attached hydrogens (tertiary/aromatic N) is 2. The van der Waals surface area contributed by atoms with Gasteiger partial charge in [0.1, 0.15) is 12.4 Å². The average molecular weight is 400 g/mol. The van der Waals surface area contributed by atoms with E-state index in [9.17, 15) is 0 Å². The van der Waals surface area contributed by atoms with Crippen LogP contribution < -0.4 is 15.2 Å². The van der Waals surface area contributed by atoms with Gasteiger partial charge in [0.15, 0.2) is 0 Å². The third-order valence-electron chi connectivity index (χ3n) is 4.79. The molecular formula is C24H24N4O2. The number of aromatic nitrogens is 3. The summed E-state index contributed by atoms with van der Waals surface area (Å²) in [6.07, 6.45) is 11.9. The molecule has 1 aromatic carbocycles. The van der Waals surface area contributed by atoms with Crippen molar-refractivity contribution in [1.82, 2.24) is 15.0 Å². The Balaban J connectivity index is 1.36. The molecule has 4 aromatic rings. The fourth-order valence-electron chi connectivity index (χ4n) is 3.28. The van der Waals surface area contributed by atoms with Gasteiger partial charge in [-0.1, -0.05) is 30.4 Å². The Bertz CT molecular complexity index is 1150. The van der Waals surface area contributed by atoms with Crippen LogP contribution in [-0.2, 0) is 6.42 Å². The lowest BCUT2D eigenvalue weighted by Crippen LogP contribution is -2.30. The van der Waals surface area contributed by atoms with Gasteiger partial charge in [0.25, 0.3) is 0 Å². The highest BCUT2D eigenvalue weighted by Crippen LogP contribution is 2.20. The van der Waals surface area contributed by atoms with Crippen molar-refractivity contribution in [3.8, 4) is 11.6 Å². The lowest BCUT2D eigenvalue weighted by molar-refractivity contribution is 0.287. The van der Waals surface area contributed by atoms with Crippen molar-refractivity contribution in [2.24, 2.45) is 5.73 Å². The van der Waals surface area contributed by atoms with Crippen molar-refractivity contribution < 1.29 is 9.47 Å². The predicted molar refractivity (Wildman–Crippen MR) is 119 cm³/mol. The van der Waals surface area contributed by atoms with E-state index in [4.69, 9.17) is 15.2 Å². The maximum atomic E-state index is 6.31. The van der Waals surface area contributed by atoms with E-state index in [0.717, 1.165) is 23.1 Å². The van der Waals surface area contributed by atoms with Crippen molar-refractivity contribution >= 4 is 23.1 Å². The smallest absolute Gasteiger partial charge is 0.213 e. The summed E-state index contributed by atoms with van der Waals surface area (Å²) in [5, 5.41) is 1.20. The van der Waals surface area contributed by atoms with Crippen molar-refractivity contribution in [1.29, 1.82) is 0 Å². The predicted octanol–water partition coefficient (Wildman–Crippen LogP) is 4.09. The molecule has 6 nitrogen and oxygen atoms in total. The summed E-state index contributed by atoms with van der Waals surface area (Å²) < 4.78 is 11.0. The molecule has 0 unspecified atom stereocenters. The monoisotopic (exact) mass is 400 g/mol. The number of nitrogens with two attached hydrogens (primary N) is 1. The van der Waals surface area contributed by atoms with Gasteiger partial charge in [0.05, 0.1) is 13.3 Å². The number of methoxy groups -OCH3 is 1. The number of rotatable bonds is 8. The van der Waals surface area contributed by atoms with Gasteiger partial charge in [-0.2, -0.15) is 0 Å². The number of benzene rings is 1. The molecule has 0 aliphatic carbocycles. The molecule has 0 amide bonds. The van der Waals surface area contributed by atoms with E-state index in [-0.39, 0.29) is 6.04 Å². The Labute approximate surface area is 175 Å². The van der Waals surface area contributed by atoms with Gasteiger partial charge >= 0.3 is 0 Å². The van der Waals surface area contributed by atoms with E-state index in [0.29, 0.717) is 18.2 Å². The zero-order valence-corrected chi connectivity index (χ0v) is 16.8. The number of pyridine rings is 2. The number of hydrogen-bond acceptors (Lipinski definition) is 5. The van der Waals surface area contributed by atoms with E-state index in [1.54, 1.807) is 25.7 Å². The Kier molecular flexibility index (Phi) is 6.06. The first kappa shape index (κ1) is 19.7. The topological polar surface area (TPSA) is 86.0 Å². The Morgan fingerprint density at radius 3 is 2.87 bits per heavy atom. The second-order valence-corrected chi connectivity index (χ2v) is 7.05. The Morgan fingerprint density at radius 1 is 1.10 bits per heavy atom. The van der Waals surface area contributed by atoms with Crippen LogP contribution in [0.3, 0.4) is 0 Å². The molecule has 0 spiro atoms. The highest BCUT2D eigenvalue weighted by molar-refractivity contribution is 5.83. The van der Waals surface area contributed by atoms with Gasteiger partial charge in [-0.05, 0) is 41.3 Å². The van der Waals surface area contributed by atoms with Crippen LogP contribution in [0, 0.1) is 0 Å². The molecule has 0 aliphatic heterocycles. The summed E-state index contributed by atoms with van der Waals surface area (Å²) in [6.45, 7) is 0.413. The number of H-pyrrole nitrogens is 1. The number of fused-ring (bicyclic) bond motifs is 1. The molecule has 0 saturated carbocycles. The van der Waals surface area contributed by atoms with Crippen LogP contribution in [0.4, 0.5) is 0 Å². The van der Waals surface area contributed by atoms with Gasteiger partial charge in [-0.3, -0.25) is 4.98 Å². The van der Waals surface area contributed by atoms with Crippen molar-refractivity contribution in [2.75, 3.05) is 13.7 Å². The largest absolute Gasteiger partial charge is 0.490 e. The SMILES string of the molecule is COc1cc(C=Cc2cncc(OC[C@@H](N)Cc3c[nH]c4ccccc34)c2)ccn1. The van der Waals surface area contributed by atoms with Gasteiger partial charge < -0.3 is 20.2 Å². The second-order valence-electron chi connectivity index (χ2n) is 7.05. The van der Waals surface area contributed by atoms with Gasteiger partial charge in [0.2, 0.25) is 5.88 Å². The molecule has 6 heteroatoms. The first-order valence-corrected chi connectivity index (χ1v) is 9.78. The summed E-state index contributed by atoms with van der Waals surface area (Å²) in [6, 6.07) is 13.8. The zero-order chi connectivity index (χ0) is 20.8. The molecule has 3 aromatic heterocycles. The van der Waals surface area contributed by atoms with Gasteiger partial charge in [-0.25, -0.2) is 4.98 Å². The van der Waals surface area contributed by atoms with E-state index < -0.39 is 0 Å². The molecule has 0 saturated heterocycles. The zero-order valence-electron chi connectivity index (χ0n) is 16.8. The molecule has 0 bridgehead atoms. The fourth-order valence-corrected chi connectivity index (χ4v) is 3.28. The molecule has 3 heterocycles. The number of hydrogen-bond donors (Lipinski definition) is 2. The molecule has 30 heavy (non-hydrogen) atoms. The quantitative estimate of drug-likeness (QED) is 0.465. The highest BCUT2D eigenvalue weighted by Gasteiger charge is 2.10. The maximum Gasteiger partial charge on any atom is 0.213 e. The lowest BCUT2D eigenvalue weighted by Gasteiger charge is -2.13. The van der Waals surface area contributed by atoms with E-state index in [1.807, 2.05) is 48.7 Å². The second kappa shape index (κ2) is 9.24. The third-order valence-corrected chi connectivity index (χ3v) is 4.79. The fraction of sp³-hybridized carbons (Fsp3) is 0.167. The molecular weight excluding hydrogens is 376 g/mol. The lowest BCUT2D eigenvalue weighted by atomic mass is 10.1.